The summed E-state index contributed by atoms with van der Waals surface area (Å²) in [6.07, 6.45) is 2.02. The molecule has 1 amide bonds. The number of nitrogens with one attached hydrogen (secondary N) is 2. The van der Waals surface area contributed by atoms with Gasteiger partial charge in [-0.2, -0.15) is 0 Å². The van der Waals surface area contributed by atoms with Gasteiger partial charge in [0.1, 0.15) is 0 Å². The summed E-state index contributed by atoms with van der Waals surface area (Å²) < 4.78 is 1.04. The van der Waals surface area contributed by atoms with Gasteiger partial charge < -0.3 is 10.6 Å². The molecule has 2 atom stereocenters. The molecule has 0 radical (unpaired) electrons. The summed E-state index contributed by atoms with van der Waals surface area (Å²) in [5.74, 6) is 0.146. The molecule has 0 aromatic heterocycles. The van der Waals surface area contributed by atoms with Crippen LogP contribution in [0.25, 0.3) is 0 Å². The summed E-state index contributed by atoms with van der Waals surface area (Å²) >= 11 is 3.46. The minimum Gasteiger partial charge on any atom is -0.349 e. The van der Waals surface area contributed by atoms with E-state index in [2.05, 4.69) is 26.6 Å². The second kappa shape index (κ2) is 6.06. The lowest BCUT2D eigenvalue weighted by Crippen LogP contribution is -2.49. The Balaban J connectivity index is 2.02. The van der Waals surface area contributed by atoms with Crippen LogP contribution in [0.3, 0.4) is 0 Å². The van der Waals surface area contributed by atoms with Crippen molar-refractivity contribution in [1.82, 2.24) is 10.6 Å². The van der Waals surface area contributed by atoms with Crippen molar-refractivity contribution < 1.29 is 4.79 Å². The van der Waals surface area contributed by atoms with Crippen molar-refractivity contribution in [1.29, 1.82) is 0 Å². The van der Waals surface area contributed by atoms with Crippen LogP contribution in [-0.2, 0) is 4.79 Å². The van der Waals surface area contributed by atoms with E-state index in [-0.39, 0.29) is 17.4 Å². The molecule has 4 heteroatoms. The number of carbonyl (C=O) groups excluding carboxylic acids is 1. The first-order chi connectivity index (χ1) is 9.01. The van der Waals surface area contributed by atoms with Crippen LogP contribution in [0.15, 0.2) is 28.7 Å². The quantitative estimate of drug-likeness (QED) is 0.897. The lowest BCUT2D eigenvalue weighted by molar-refractivity contribution is -0.131. The number of carbonyl (C=O) groups is 1. The molecule has 2 N–H and O–H groups in total. The summed E-state index contributed by atoms with van der Waals surface area (Å²) in [4.78, 5) is 12.4. The van der Waals surface area contributed by atoms with Crippen molar-refractivity contribution in [3.63, 3.8) is 0 Å². The molecule has 1 aliphatic heterocycles. The average Bonchev–Trinajstić information content (AvgIpc) is 2.39. The smallest absolute Gasteiger partial charge is 0.227 e. The lowest BCUT2D eigenvalue weighted by atomic mass is 9.81. The van der Waals surface area contributed by atoms with E-state index in [1.165, 1.54) is 0 Å². The number of hydrogen-bond acceptors (Lipinski definition) is 2. The zero-order valence-electron chi connectivity index (χ0n) is 11.5. The Morgan fingerprint density at radius 2 is 2.32 bits per heavy atom. The van der Waals surface area contributed by atoms with Gasteiger partial charge in [0.05, 0.1) is 11.5 Å². The molecule has 0 saturated carbocycles. The van der Waals surface area contributed by atoms with Crippen LogP contribution >= 0.6 is 15.9 Å². The first-order valence-electron chi connectivity index (χ1n) is 6.78. The molecule has 1 fully saturated rings. The number of amides is 1. The van der Waals surface area contributed by atoms with E-state index in [1.54, 1.807) is 0 Å². The van der Waals surface area contributed by atoms with Crippen molar-refractivity contribution in [2.24, 2.45) is 5.41 Å². The summed E-state index contributed by atoms with van der Waals surface area (Å²) in [6.45, 7) is 5.86. The average molecular weight is 325 g/mol. The standard InChI is InChI=1S/C15H21BrN2O/c1-11(12-5-3-6-13(16)9-12)18-14(19)15(2)7-4-8-17-10-15/h3,5-6,9,11,17H,4,7-8,10H2,1-2H3,(H,18,19). The summed E-state index contributed by atoms with van der Waals surface area (Å²) in [5.41, 5.74) is 0.841. The molecule has 0 bridgehead atoms. The molecule has 1 heterocycles. The zero-order chi connectivity index (χ0) is 13.9. The van der Waals surface area contributed by atoms with Gasteiger partial charge in [0, 0.05) is 11.0 Å². The number of rotatable bonds is 3. The number of halogens is 1. The van der Waals surface area contributed by atoms with Gasteiger partial charge in [-0.15, -0.1) is 0 Å². The SMILES string of the molecule is CC(NC(=O)C1(C)CCCNC1)c1cccc(Br)c1. The van der Waals surface area contributed by atoms with Gasteiger partial charge in [-0.05, 0) is 50.9 Å². The molecule has 3 nitrogen and oxygen atoms in total. The van der Waals surface area contributed by atoms with Gasteiger partial charge in [-0.25, -0.2) is 0 Å². The molecule has 19 heavy (non-hydrogen) atoms. The molecule has 1 aromatic rings. The number of piperidine rings is 1. The molecular weight excluding hydrogens is 304 g/mol. The van der Waals surface area contributed by atoms with Gasteiger partial charge >= 0.3 is 0 Å². The van der Waals surface area contributed by atoms with E-state index in [9.17, 15) is 4.79 Å². The maximum absolute atomic E-state index is 12.4. The normalized spacial score (nSPS) is 24.8. The number of hydrogen-bond donors (Lipinski definition) is 2. The maximum Gasteiger partial charge on any atom is 0.227 e. The van der Waals surface area contributed by atoms with Crippen molar-refractivity contribution in [2.45, 2.75) is 32.7 Å². The highest BCUT2D eigenvalue weighted by atomic mass is 79.9. The van der Waals surface area contributed by atoms with Gasteiger partial charge in [0.2, 0.25) is 5.91 Å². The second-order valence-electron chi connectivity index (χ2n) is 5.59. The topological polar surface area (TPSA) is 41.1 Å². The first kappa shape index (κ1) is 14.5. The second-order valence-corrected chi connectivity index (χ2v) is 6.51. The van der Waals surface area contributed by atoms with Gasteiger partial charge in [0.15, 0.2) is 0 Å². The van der Waals surface area contributed by atoms with Crippen molar-refractivity contribution >= 4 is 21.8 Å². The Morgan fingerprint density at radius 3 is 2.95 bits per heavy atom. The molecular formula is C15H21BrN2O. The highest BCUT2D eigenvalue weighted by Gasteiger charge is 2.35. The highest BCUT2D eigenvalue weighted by molar-refractivity contribution is 9.10. The largest absolute Gasteiger partial charge is 0.349 e. The van der Waals surface area contributed by atoms with Crippen LogP contribution in [0, 0.1) is 5.41 Å². The van der Waals surface area contributed by atoms with E-state index in [1.807, 2.05) is 38.1 Å². The Hall–Kier alpha value is -0.870. The van der Waals surface area contributed by atoms with Crippen LogP contribution < -0.4 is 10.6 Å². The van der Waals surface area contributed by atoms with Crippen LogP contribution in [0.4, 0.5) is 0 Å². The van der Waals surface area contributed by atoms with E-state index in [0.29, 0.717) is 0 Å². The molecule has 2 rings (SSSR count). The zero-order valence-corrected chi connectivity index (χ0v) is 13.1. The van der Waals surface area contributed by atoms with Crippen LogP contribution in [0.1, 0.15) is 38.3 Å². The monoisotopic (exact) mass is 324 g/mol. The fraction of sp³-hybridized carbons (Fsp3) is 0.533. The third-order valence-corrected chi connectivity index (χ3v) is 4.33. The van der Waals surface area contributed by atoms with E-state index >= 15 is 0 Å². The molecule has 1 saturated heterocycles. The van der Waals surface area contributed by atoms with Crippen molar-refractivity contribution in [3.05, 3.63) is 34.3 Å². The van der Waals surface area contributed by atoms with Crippen molar-refractivity contribution in [3.8, 4) is 0 Å². The van der Waals surface area contributed by atoms with E-state index in [0.717, 1.165) is 36.0 Å². The molecule has 1 aromatic carbocycles. The molecule has 104 valence electrons. The Morgan fingerprint density at radius 1 is 1.53 bits per heavy atom. The third kappa shape index (κ3) is 3.57. The lowest BCUT2D eigenvalue weighted by Gasteiger charge is -2.33. The Kier molecular flexibility index (Phi) is 4.63. The Labute approximate surface area is 123 Å². The highest BCUT2D eigenvalue weighted by Crippen LogP contribution is 2.27. The Bertz CT molecular complexity index is 455. The minimum absolute atomic E-state index is 0.0313. The predicted molar refractivity (Wildman–Crippen MR) is 80.9 cm³/mol. The first-order valence-corrected chi connectivity index (χ1v) is 7.58. The fourth-order valence-electron chi connectivity index (χ4n) is 2.48. The minimum atomic E-state index is -0.279. The van der Waals surface area contributed by atoms with Gasteiger partial charge in [-0.1, -0.05) is 28.1 Å². The third-order valence-electron chi connectivity index (χ3n) is 3.84. The van der Waals surface area contributed by atoms with Crippen LogP contribution in [0.5, 0.6) is 0 Å². The maximum atomic E-state index is 12.4. The van der Waals surface area contributed by atoms with Gasteiger partial charge in [0.25, 0.3) is 0 Å². The summed E-state index contributed by atoms with van der Waals surface area (Å²) in [7, 11) is 0. The van der Waals surface area contributed by atoms with Crippen LogP contribution in [0.2, 0.25) is 0 Å². The summed E-state index contributed by atoms with van der Waals surface area (Å²) in [6, 6.07) is 8.10. The molecule has 2 unspecified atom stereocenters. The molecule has 0 aliphatic carbocycles. The number of benzene rings is 1. The van der Waals surface area contributed by atoms with E-state index in [4.69, 9.17) is 0 Å². The fourth-order valence-corrected chi connectivity index (χ4v) is 2.90. The van der Waals surface area contributed by atoms with Crippen molar-refractivity contribution in [2.75, 3.05) is 13.1 Å². The molecule has 0 spiro atoms. The van der Waals surface area contributed by atoms with Gasteiger partial charge in [-0.3, -0.25) is 4.79 Å². The predicted octanol–water partition coefficient (Wildman–Crippen LogP) is 3.02. The molecule has 1 aliphatic rings. The summed E-state index contributed by atoms with van der Waals surface area (Å²) in [5, 5.41) is 6.44. The van der Waals surface area contributed by atoms with E-state index < -0.39 is 0 Å². The van der Waals surface area contributed by atoms with Crippen LogP contribution in [-0.4, -0.2) is 19.0 Å².